The van der Waals surface area contributed by atoms with E-state index in [0.717, 1.165) is 46.3 Å². The number of likely N-dealkylation sites (tertiary alicyclic amines) is 1. The summed E-state index contributed by atoms with van der Waals surface area (Å²) in [7, 11) is 0. The van der Waals surface area contributed by atoms with Crippen LogP contribution >= 0.6 is 15.9 Å². The van der Waals surface area contributed by atoms with Gasteiger partial charge >= 0.3 is 0 Å². The first-order valence-corrected chi connectivity index (χ1v) is 10.7. The van der Waals surface area contributed by atoms with Crippen molar-refractivity contribution in [1.29, 1.82) is 0 Å². The molecule has 6 heteroatoms. The maximum atomic E-state index is 13.4. The zero-order valence-electron chi connectivity index (χ0n) is 16.7. The molecular weight excluding hydrogens is 428 g/mol. The third kappa shape index (κ3) is 3.73. The third-order valence-corrected chi connectivity index (χ3v) is 6.25. The normalized spacial score (nSPS) is 17.4. The van der Waals surface area contributed by atoms with Crippen molar-refractivity contribution in [3.05, 3.63) is 63.7 Å². The van der Waals surface area contributed by atoms with Gasteiger partial charge in [0.25, 0.3) is 0 Å². The number of aromatic nitrogens is 2. The van der Waals surface area contributed by atoms with Gasteiger partial charge in [0.15, 0.2) is 11.5 Å². The zero-order chi connectivity index (χ0) is 20.5. The molecule has 0 aliphatic carbocycles. The quantitative estimate of drug-likeness (QED) is 0.377. The molecule has 0 saturated carbocycles. The number of rotatable bonds is 4. The van der Waals surface area contributed by atoms with Gasteiger partial charge in [-0.25, -0.2) is 4.85 Å². The second-order valence-electron chi connectivity index (χ2n) is 7.68. The SMILES string of the molecule is [C-]#[N+]c1ccc(-n2c(C)c(C(=O)CN3CCCC[C@@H]3C)c3ncc(Br)cc32)cc1. The molecule has 1 aromatic carbocycles. The number of carbonyl (C=O) groups is 1. The largest absolute Gasteiger partial charge is 0.312 e. The Morgan fingerprint density at radius 2 is 2.07 bits per heavy atom. The van der Waals surface area contributed by atoms with Gasteiger partial charge < -0.3 is 4.57 Å². The van der Waals surface area contributed by atoms with E-state index in [9.17, 15) is 4.79 Å². The van der Waals surface area contributed by atoms with Crippen molar-refractivity contribution in [2.45, 2.75) is 39.2 Å². The van der Waals surface area contributed by atoms with Gasteiger partial charge in [-0.3, -0.25) is 14.7 Å². The van der Waals surface area contributed by atoms with Crippen LogP contribution in [0.5, 0.6) is 0 Å². The van der Waals surface area contributed by atoms with Crippen molar-refractivity contribution in [1.82, 2.24) is 14.5 Å². The lowest BCUT2D eigenvalue weighted by Crippen LogP contribution is -2.40. The van der Waals surface area contributed by atoms with Crippen molar-refractivity contribution in [3.8, 4) is 5.69 Å². The Kier molecular flexibility index (Phi) is 5.53. The van der Waals surface area contributed by atoms with Crippen LogP contribution in [0.25, 0.3) is 21.6 Å². The molecule has 1 aliphatic heterocycles. The number of nitrogens with zero attached hydrogens (tertiary/aromatic N) is 4. The first-order chi connectivity index (χ1) is 14.0. The van der Waals surface area contributed by atoms with Gasteiger partial charge in [-0.05, 0) is 67.4 Å². The van der Waals surface area contributed by atoms with Crippen molar-refractivity contribution >= 4 is 38.4 Å². The van der Waals surface area contributed by atoms with Gasteiger partial charge in [0.1, 0.15) is 0 Å². The lowest BCUT2D eigenvalue weighted by atomic mass is 10.0. The summed E-state index contributed by atoms with van der Waals surface area (Å²) in [4.78, 5) is 23.7. The summed E-state index contributed by atoms with van der Waals surface area (Å²) in [6.45, 7) is 12.8. The molecule has 3 aromatic rings. The number of Topliss-reactive ketones (excluding diaryl/α,β-unsaturated/α-hetero) is 1. The number of hydrogen-bond acceptors (Lipinski definition) is 3. The van der Waals surface area contributed by atoms with E-state index in [1.54, 1.807) is 18.3 Å². The van der Waals surface area contributed by atoms with Crippen LogP contribution in [0.1, 0.15) is 42.2 Å². The van der Waals surface area contributed by atoms with Gasteiger partial charge in [0.05, 0.1) is 29.7 Å². The number of benzene rings is 1. The lowest BCUT2D eigenvalue weighted by molar-refractivity contribution is 0.0861. The Morgan fingerprint density at radius 3 is 2.76 bits per heavy atom. The summed E-state index contributed by atoms with van der Waals surface area (Å²) in [6.07, 6.45) is 5.28. The molecule has 0 unspecified atom stereocenters. The topological polar surface area (TPSA) is 42.5 Å². The summed E-state index contributed by atoms with van der Waals surface area (Å²) >= 11 is 3.51. The van der Waals surface area contributed by atoms with Crippen molar-refractivity contribution in [3.63, 3.8) is 0 Å². The van der Waals surface area contributed by atoms with Crippen LogP contribution in [0.4, 0.5) is 5.69 Å². The number of hydrogen-bond donors (Lipinski definition) is 0. The fraction of sp³-hybridized carbons (Fsp3) is 0.348. The molecule has 1 aliphatic rings. The highest BCUT2D eigenvalue weighted by molar-refractivity contribution is 9.10. The molecule has 0 amide bonds. The third-order valence-electron chi connectivity index (χ3n) is 5.81. The lowest BCUT2D eigenvalue weighted by Gasteiger charge is -2.32. The molecule has 0 spiro atoms. The molecule has 4 rings (SSSR count). The summed E-state index contributed by atoms with van der Waals surface area (Å²) < 4.78 is 2.93. The first-order valence-electron chi connectivity index (χ1n) is 9.91. The predicted octanol–water partition coefficient (Wildman–Crippen LogP) is 5.70. The minimum Gasteiger partial charge on any atom is -0.312 e. The van der Waals surface area contributed by atoms with E-state index in [0.29, 0.717) is 23.8 Å². The highest BCUT2D eigenvalue weighted by atomic mass is 79.9. The molecule has 1 fully saturated rings. The molecule has 29 heavy (non-hydrogen) atoms. The smallest absolute Gasteiger partial charge is 0.187 e. The number of ketones is 1. The standard InChI is InChI=1S/C23H23BrN4O/c1-15-6-4-5-11-27(15)14-21(29)22-16(2)28(19-9-7-18(25-3)8-10-19)20-12-17(24)13-26-23(20)22/h7-10,12-13,15H,4-6,11,14H2,1-2H3/t15-/m0/s1. The summed E-state index contributed by atoms with van der Waals surface area (Å²) in [5.74, 6) is 0.118. The molecule has 0 bridgehead atoms. The van der Waals surface area contributed by atoms with E-state index in [2.05, 4.69) is 42.1 Å². The average Bonchev–Trinajstić information content (AvgIpc) is 3.01. The molecule has 5 nitrogen and oxygen atoms in total. The van der Waals surface area contributed by atoms with E-state index < -0.39 is 0 Å². The van der Waals surface area contributed by atoms with Gasteiger partial charge in [0, 0.05) is 28.1 Å². The van der Waals surface area contributed by atoms with Crippen LogP contribution in [0, 0.1) is 13.5 Å². The average molecular weight is 451 g/mol. The van der Waals surface area contributed by atoms with Crippen LogP contribution in [-0.2, 0) is 0 Å². The number of pyridine rings is 1. The number of carbonyl (C=O) groups excluding carboxylic acids is 1. The first kappa shape index (κ1) is 19.8. The van der Waals surface area contributed by atoms with Crippen molar-refractivity contribution < 1.29 is 4.79 Å². The van der Waals surface area contributed by atoms with Gasteiger partial charge in [-0.1, -0.05) is 18.6 Å². The van der Waals surface area contributed by atoms with Crippen LogP contribution in [0.3, 0.4) is 0 Å². The minimum absolute atomic E-state index is 0.118. The second-order valence-corrected chi connectivity index (χ2v) is 8.60. The second kappa shape index (κ2) is 8.10. The fourth-order valence-corrected chi connectivity index (χ4v) is 4.57. The van der Waals surface area contributed by atoms with E-state index in [1.165, 1.54) is 6.42 Å². The van der Waals surface area contributed by atoms with Crippen molar-refractivity contribution in [2.75, 3.05) is 13.1 Å². The molecule has 148 valence electrons. The van der Waals surface area contributed by atoms with E-state index >= 15 is 0 Å². The fourth-order valence-electron chi connectivity index (χ4n) is 4.25. The highest BCUT2D eigenvalue weighted by Crippen LogP contribution is 2.31. The van der Waals surface area contributed by atoms with Crippen LogP contribution in [0.15, 0.2) is 41.0 Å². The summed E-state index contributed by atoms with van der Waals surface area (Å²) in [5.41, 5.74) is 4.72. The van der Waals surface area contributed by atoms with E-state index in [4.69, 9.17) is 6.57 Å². The Morgan fingerprint density at radius 1 is 1.31 bits per heavy atom. The molecule has 2 aromatic heterocycles. The maximum Gasteiger partial charge on any atom is 0.187 e. The van der Waals surface area contributed by atoms with Crippen LogP contribution in [-0.4, -0.2) is 39.4 Å². The summed E-state index contributed by atoms with van der Waals surface area (Å²) in [6, 6.07) is 9.87. The predicted molar refractivity (Wildman–Crippen MR) is 119 cm³/mol. The molecular formula is C23H23BrN4O. The molecule has 1 atom stereocenters. The molecule has 0 radical (unpaired) electrons. The minimum atomic E-state index is 0.118. The Bertz CT molecular complexity index is 1110. The number of piperidine rings is 1. The molecule has 1 saturated heterocycles. The Labute approximate surface area is 179 Å². The number of halogens is 1. The van der Waals surface area contributed by atoms with Crippen LogP contribution < -0.4 is 0 Å². The molecule has 0 N–H and O–H groups in total. The van der Waals surface area contributed by atoms with Gasteiger partial charge in [-0.15, -0.1) is 0 Å². The van der Waals surface area contributed by atoms with Crippen LogP contribution in [0.2, 0.25) is 0 Å². The summed E-state index contributed by atoms with van der Waals surface area (Å²) in [5, 5.41) is 0. The molecule has 3 heterocycles. The number of fused-ring (bicyclic) bond motifs is 1. The highest BCUT2D eigenvalue weighted by Gasteiger charge is 2.26. The maximum absolute atomic E-state index is 13.4. The van der Waals surface area contributed by atoms with Gasteiger partial charge in [0.2, 0.25) is 0 Å². The van der Waals surface area contributed by atoms with E-state index in [-0.39, 0.29) is 5.78 Å². The zero-order valence-corrected chi connectivity index (χ0v) is 18.2. The van der Waals surface area contributed by atoms with E-state index in [1.807, 2.05) is 25.1 Å². The van der Waals surface area contributed by atoms with Crippen molar-refractivity contribution in [2.24, 2.45) is 0 Å². The Hall–Kier alpha value is -2.49. The Balaban J connectivity index is 1.81. The van der Waals surface area contributed by atoms with Gasteiger partial charge in [-0.2, -0.15) is 0 Å². The monoisotopic (exact) mass is 450 g/mol.